The number of hydrogen-bond donors (Lipinski definition) is 0. The number of ether oxygens (including phenoxy) is 1. The molecule has 0 saturated carbocycles. The quantitative estimate of drug-likeness (QED) is 0.833. The van der Waals surface area contributed by atoms with Crippen molar-refractivity contribution in [1.29, 1.82) is 0 Å². The van der Waals surface area contributed by atoms with Gasteiger partial charge in [-0.1, -0.05) is 0 Å². The molecule has 0 N–H and O–H groups in total. The third-order valence-corrected chi connectivity index (χ3v) is 3.59. The maximum atomic E-state index is 12.5. The van der Waals surface area contributed by atoms with E-state index in [4.69, 9.17) is 4.74 Å². The monoisotopic (exact) mass is 265 g/mol. The Morgan fingerprint density at radius 2 is 2.37 bits per heavy atom. The lowest BCUT2D eigenvalue weighted by molar-refractivity contribution is -0.149. The SMILES string of the molecule is CC(C)N(Cc1nccn1C)C(=O)[C@H]1CCCCO1. The second-order valence-electron chi connectivity index (χ2n) is 5.37. The van der Waals surface area contributed by atoms with Gasteiger partial charge in [-0.2, -0.15) is 0 Å². The first kappa shape index (κ1) is 14.1. The van der Waals surface area contributed by atoms with Crippen LogP contribution in [0, 0.1) is 0 Å². The van der Waals surface area contributed by atoms with E-state index in [9.17, 15) is 4.79 Å². The molecule has 106 valence electrons. The van der Waals surface area contributed by atoms with Crippen LogP contribution in [-0.2, 0) is 23.1 Å². The molecule has 0 aromatic carbocycles. The highest BCUT2D eigenvalue weighted by Crippen LogP contribution is 2.17. The van der Waals surface area contributed by atoms with Crippen molar-refractivity contribution in [3.8, 4) is 0 Å². The lowest BCUT2D eigenvalue weighted by Crippen LogP contribution is -2.45. The van der Waals surface area contributed by atoms with Crippen molar-refractivity contribution in [3.05, 3.63) is 18.2 Å². The topological polar surface area (TPSA) is 47.4 Å². The maximum absolute atomic E-state index is 12.5. The van der Waals surface area contributed by atoms with Crippen molar-refractivity contribution in [2.75, 3.05) is 6.61 Å². The molecule has 1 amide bonds. The van der Waals surface area contributed by atoms with E-state index < -0.39 is 0 Å². The molecule has 19 heavy (non-hydrogen) atoms. The van der Waals surface area contributed by atoms with E-state index in [0.29, 0.717) is 13.2 Å². The van der Waals surface area contributed by atoms with Gasteiger partial charge in [0.1, 0.15) is 11.9 Å². The first-order chi connectivity index (χ1) is 9.09. The number of carbonyl (C=O) groups is 1. The predicted molar refractivity (Wildman–Crippen MR) is 72.5 cm³/mol. The molecule has 0 unspecified atom stereocenters. The highest BCUT2D eigenvalue weighted by molar-refractivity contribution is 5.81. The average molecular weight is 265 g/mol. The third kappa shape index (κ3) is 3.35. The molecule has 1 saturated heterocycles. The highest BCUT2D eigenvalue weighted by Gasteiger charge is 2.29. The Kier molecular flexibility index (Phi) is 4.58. The second kappa shape index (κ2) is 6.19. The van der Waals surface area contributed by atoms with E-state index in [0.717, 1.165) is 25.1 Å². The molecule has 5 heteroatoms. The smallest absolute Gasteiger partial charge is 0.252 e. The zero-order valence-electron chi connectivity index (χ0n) is 12.0. The van der Waals surface area contributed by atoms with Gasteiger partial charge in [0.15, 0.2) is 0 Å². The van der Waals surface area contributed by atoms with Crippen molar-refractivity contribution in [3.63, 3.8) is 0 Å². The van der Waals surface area contributed by atoms with Crippen LogP contribution in [0.4, 0.5) is 0 Å². The molecule has 0 spiro atoms. The Bertz CT molecular complexity index is 422. The predicted octanol–water partition coefficient (Wildman–Crippen LogP) is 1.73. The normalized spacial score (nSPS) is 19.7. The van der Waals surface area contributed by atoms with Crippen LogP contribution in [0.15, 0.2) is 12.4 Å². The van der Waals surface area contributed by atoms with E-state index in [1.54, 1.807) is 6.20 Å². The van der Waals surface area contributed by atoms with Crippen molar-refractivity contribution < 1.29 is 9.53 Å². The van der Waals surface area contributed by atoms with Crippen LogP contribution in [0.1, 0.15) is 38.9 Å². The van der Waals surface area contributed by atoms with Crippen molar-refractivity contribution >= 4 is 5.91 Å². The Labute approximate surface area is 114 Å². The standard InChI is InChI=1S/C14H23N3O2/c1-11(2)17(10-13-15-7-8-16(13)3)14(18)12-6-4-5-9-19-12/h7-8,11-12H,4-6,9-10H2,1-3H3/t12-/m1/s1. The minimum Gasteiger partial charge on any atom is -0.368 e. The molecule has 2 rings (SSSR count). The van der Waals surface area contributed by atoms with E-state index in [1.165, 1.54) is 0 Å². The summed E-state index contributed by atoms with van der Waals surface area (Å²) in [6, 6.07) is 0.148. The molecular formula is C14H23N3O2. The van der Waals surface area contributed by atoms with Gasteiger partial charge in [-0.15, -0.1) is 0 Å². The summed E-state index contributed by atoms with van der Waals surface area (Å²) in [6.07, 6.45) is 6.36. The molecule has 0 radical (unpaired) electrons. The zero-order valence-corrected chi connectivity index (χ0v) is 12.0. The summed E-state index contributed by atoms with van der Waals surface area (Å²) in [5.74, 6) is 0.996. The molecule has 1 atom stereocenters. The van der Waals surface area contributed by atoms with Crippen molar-refractivity contribution in [2.24, 2.45) is 7.05 Å². The molecular weight excluding hydrogens is 242 g/mol. The van der Waals surface area contributed by atoms with Crippen LogP contribution in [-0.4, -0.2) is 39.1 Å². The summed E-state index contributed by atoms with van der Waals surface area (Å²) in [5, 5.41) is 0. The fourth-order valence-electron chi connectivity index (χ4n) is 2.34. The van der Waals surface area contributed by atoms with Gasteiger partial charge in [0.2, 0.25) is 0 Å². The molecule has 0 bridgehead atoms. The van der Waals surface area contributed by atoms with Crippen LogP contribution in [0.2, 0.25) is 0 Å². The fourth-order valence-corrected chi connectivity index (χ4v) is 2.34. The molecule has 1 aliphatic heterocycles. The van der Waals surface area contributed by atoms with Crippen molar-refractivity contribution in [2.45, 2.75) is 51.8 Å². The van der Waals surface area contributed by atoms with E-state index >= 15 is 0 Å². The molecule has 1 aliphatic rings. The van der Waals surface area contributed by atoms with Crippen LogP contribution in [0.5, 0.6) is 0 Å². The van der Waals surface area contributed by atoms with E-state index in [2.05, 4.69) is 4.98 Å². The largest absolute Gasteiger partial charge is 0.368 e. The Balaban J connectivity index is 2.06. The Morgan fingerprint density at radius 1 is 1.58 bits per heavy atom. The summed E-state index contributed by atoms with van der Waals surface area (Å²) < 4.78 is 7.55. The number of carbonyl (C=O) groups excluding carboxylic acids is 1. The van der Waals surface area contributed by atoms with Gasteiger partial charge < -0.3 is 14.2 Å². The lowest BCUT2D eigenvalue weighted by atomic mass is 10.1. The number of nitrogens with zero attached hydrogens (tertiary/aromatic N) is 3. The number of amides is 1. The number of hydrogen-bond acceptors (Lipinski definition) is 3. The van der Waals surface area contributed by atoms with Gasteiger partial charge in [0.05, 0.1) is 6.54 Å². The number of rotatable bonds is 4. The zero-order chi connectivity index (χ0) is 13.8. The lowest BCUT2D eigenvalue weighted by Gasteiger charge is -2.32. The molecule has 0 aliphatic carbocycles. The van der Waals surface area contributed by atoms with Crippen LogP contribution >= 0.6 is 0 Å². The molecule has 1 aromatic heterocycles. The average Bonchev–Trinajstić information content (AvgIpc) is 2.81. The summed E-state index contributed by atoms with van der Waals surface area (Å²) in [7, 11) is 1.95. The van der Waals surface area contributed by atoms with Gasteiger partial charge in [0, 0.05) is 32.1 Å². The molecule has 2 heterocycles. The number of imidazole rings is 1. The highest BCUT2D eigenvalue weighted by atomic mass is 16.5. The first-order valence-corrected chi connectivity index (χ1v) is 6.98. The maximum Gasteiger partial charge on any atom is 0.252 e. The van der Waals surface area contributed by atoms with Gasteiger partial charge >= 0.3 is 0 Å². The molecule has 1 aromatic rings. The second-order valence-corrected chi connectivity index (χ2v) is 5.37. The van der Waals surface area contributed by atoms with Crippen LogP contribution in [0.25, 0.3) is 0 Å². The van der Waals surface area contributed by atoms with E-state index in [-0.39, 0.29) is 18.1 Å². The van der Waals surface area contributed by atoms with Gasteiger partial charge in [-0.05, 0) is 33.1 Å². The van der Waals surface area contributed by atoms with Crippen LogP contribution < -0.4 is 0 Å². The van der Waals surface area contributed by atoms with Crippen LogP contribution in [0.3, 0.4) is 0 Å². The van der Waals surface area contributed by atoms with Gasteiger partial charge in [-0.3, -0.25) is 4.79 Å². The summed E-state index contributed by atoms with van der Waals surface area (Å²) in [4.78, 5) is 18.7. The Morgan fingerprint density at radius 3 is 2.89 bits per heavy atom. The first-order valence-electron chi connectivity index (χ1n) is 6.98. The van der Waals surface area contributed by atoms with Gasteiger partial charge in [-0.25, -0.2) is 4.98 Å². The van der Waals surface area contributed by atoms with E-state index in [1.807, 2.05) is 36.6 Å². The number of aromatic nitrogens is 2. The summed E-state index contributed by atoms with van der Waals surface area (Å²) in [6.45, 7) is 5.30. The third-order valence-electron chi connectivity index (χ3n) is 3.59. The van der Waals surface area contributed by atoms with Crippen molar-refractivity contribution in [1.82, 2.24) is 14.5 Å². The fraction of sp³-hybridized carbons (Fsp3) is 0.714. The molecule has 1 fully saturated rings. The molecule has 5 nitrogen and oxygen atoms in total. The number of aryl methyl sites for hydroxylation is 1. The summed E-state index contributed by atoms with van der Waals surface area (Å²) in [5.41, 5.74) is 0. The van der Waals surface area contributed by atoms with Gasteiger partial charge in [0.25, 0.3) is 5.91 Å². The minimum atomic E-state index is -0.267. The Hall–Kier alpha value is -1.36. The minimum absolute atomic E-state index is 0.0951. The summed E-state index contributed by atoms with van der Waals surface area (Å²) >= 11 is 0.